The number of rotatable bonds is 1. The number of aliphatic hydroxyl groups is 1. The number of piperazine rings is 1. The van der Waals surface area contributed by atoms with Crippen LogP contribution in [0.15, 0.2) is 30.3 Å². The number of hydrogen-bond acceptors (Lipinski definition) is 12. The van der Waals surface area contributed by atoms with Crippen LogP contribution < -0.4 is 19.5 Å². The van der Waals surface area contributed by atoms with Crippen molar-refractivity contribution in [3.8, 4) is 28.7 Å². The van der Waals surface area contributed by atoms with E-state index in [9.17, 15) is 20.1 Å². The molecular weight excluding hydrogens is 685 g/mol. The molecule has 0 radical (unpaired) electrons. The molecule has 8 heterocycles. The lowest BCUT2D eigenvalue weighted by molar-refractivity contribution is -0.181. The normalized spacial score (nSPS) is 30.8. The first-order valence-corrected chi connectivity index (χ1v) is 19.0. The van der Waals surface area contributed by atoms with Crippen molar-refractivity contribution in [2.75, 3.05) is 46.5 Å². The van der Waals surface area contributed by atoms with Crippen LogP contribution >= 0.6 is 11.8 Å². The van der Waals surface area contributed by atoms with Crippen LogP contribution in [-0.2, 0) is 27.9 Å². The van der Waals surface area contributed by atoms with Crippen LogP contribution in [0.5, 0.6) is 28.7 Å². The largest absolute Gasteiger partial charge is 0.507 e. The molecule has 12 nitrogen and oxygen atoms in total. The third kappa shape index (κ3) is 4.14. The van der Waals surface area contributed by atoms with Crippen LogP contribution in [0.2, 0.25) is 0 Å². The zero-order valence-corrected chi connectivity index (χ0v) is 30.3. The second kappa shape index (κ2) is 11.5. The summed E-state index contributed by atoms with van der Waals surface area (Å²) in [5.41, 5.74) is 6.34. The van der Waals surface area contributed by atoms with Crippen molar-refractivity contribution in [2.45, 2.75) is 67.9 Å². The Bertz CT molecular complexity index is 2190. The first-order valence-electron chi connectivity index (χ1n) is 18.0. The number of likely N-dealkylation sites (N-methyl/N-ethyl adjacent to an activating group) is 1. The zero-order chi connectivity index (χ0) is 35.8. The van der Waals surface area contributed by atoms with Crippen molar-refractivity contribution in [2.24, 2.45) is 0 Å². The highest BCUT2D eigenvalue weighted by atomic mass is 32.2. The number of aryl methyl sites for hydroxylation is 1. The van der Waals surface area contributed by atoms with Crippen LogP contribution in [0.3, 0.4) is 0 Å². The number of aromatic nitrogens is 1. The van der Waals surface area contributed by atoms with E-state index in [0.717, 1.165) is 45.3 Å². The van der Waals surface area contributed by atoms with E-state index in [0.29, 0.717) is 52.7 Å². The number of thioether (sulfide) groups is 1. The number of para-hydroxylation sites is 1. The van der Waals surface area contributed by atoms with Gasteiger partial charge in [-0.05, 0) is 56.5 Å². The number of ether oxygens (including phenoxy) is 4. The number of phenolic OH excluding ortho intramolecular Hbond substituents is 2. The lowest BCUT2D eigenvalue weighted by Gasteiger charge is -2.61. The Morgan fingerprint density at radius 2 is 1.88 bits per heavy atom. The summed E-state index contributed by atoms with van der Waals surface area (Å²) in [6.07, 6.45) is 0.328. The Morgan fingerprint density at radius 3 is 2.71 bits per heavy atom. The standard InChI is InChI=1S/C39H42N4O8S/c1-17-11-19-12-23-38(47)43-24-13-49-14-25(44)39(37-21(9-10-40-39)20-7-5-6-8-22(20)41-37)15-52-36(28-27(24)35-34(50-16-51-35)18(2)31(28)45)30(43)29(42(23)3)26(19)32(46)33(17)48-4/h5-8,11,23-24,29-30,36,38,40-41,45-47H,9-10,12-16H2,1-4H3/t23-,24-,29+,30?,36+,38-,39-/m0/s1. The first kappa shape index (κ1) is 32.7. The van der Waals surface area contributed by atoms with Crippen molar-refractivity contribution in [3.05, 3.63) is 75.0 Å². The third-order valence-corrected chi connectivity index (χ3v) is 14.1. The molecule has 1 spiro atoms. The molecule has 0 aliphatic carbocycles. The smallest absolute Gasteiger partial charge is 0.231 e. The Balaban J connectivity index is 1.22. The molecule has 272 valence electrons. The van der Waals surface area contributed by atoms with Crippen LogP contribution in [0.25, 0.3) is 10.9 Å². The lowest BCUT2D eigenvalue weighted by atomic mass is 9.73. The van der Waals surface area contributed by atoms with Gasteiger partial charge in [0.15, 0.2) is 28.8 Å². The molecular formula is C39H42N4O8S. The summed E-state index contributed by atoms with van der Waals surface area (Å²) in [6, 6.07) is 8.40. The van der Waals surface area contributed by atoms with Gasteiger partial charge < -0.3 is 39.3 Å². The molecule has 0 amide bonds. The second-order valence-corrected chi connectivity index (χ2v) is 16.2. The number of carbonyl (C=O) groups excluding carboxylic acids is 1. The molecule has 11 rings (SSSR count). The molecule has 52 heavy (non-hydrogen) atoms. The van der Waals surface area contributed by atoms with Crippen LogP contribution in [0.1, 0.15) is 62.0 Å². The number of aromatic amines is 1. The maximum Gasteiger partial charge on any atom is 0.231 e. The maximum atomic E-state index is 14.7. The van der Waals surface area contributed by atoms with Gasteiger partial charge in [-0.1, -0.05) is 24.3 Å². The van der Waals surface area contributed by atoms with Crippen LogP contribution in [0, 0.1) is 13.8 Å². The molecule has 2 saturated heterocycles. The first-order chi connectivity index (χ1) is 25.2. The summed E-state index contributed by atoms with van der Waals surface area (Å²) in [5, 5.41) is 41.0. The number of aliphatic hydroxyl groups excluding tert-OH is 1. The number of phenols is 2. The Kier molecular flexibility index (Phi) is 7.23. The Hall–Kier alpha value is -3.98. The van der Waals surface area contributed by atoms with Gasteiger partial charge in [0.2, 0.25) is 6.79 Å². The van der Waals surface area contributed by atoms with Gasteiger partial charge >= 0.3 is 0 Å². The quantitative estimate of drug-likeness (QED) is 0.193. The van der Waals surface area contributed by atoms with Crippen molar-refractivity contribution in [1.82, 2.24) is 20.1 Å². The minimum absolute atomic E-state index is 0.00644. The fraction of sp³-hybridized carbons (Fsp3) is 0.462. The predicted molar refractivity (Wildman–Crippen MR) is 193 cm³/mol. The Labute approximate surface area is 305 Å². The van der Waals surface area contributed by atoms with Crippen LogP contribution in [0.4, 0.5) is 0 Å². The van der Waals surface area contributed by atoms with Crippen molar-refractivity contribution < 1.29 is 39.1 Å². The number of Topliss-reactive ketones (excluding diaryl/α,β-unsaturated/α-hetero) is 1. The minimum Gasteiger partial charge on any atom is -0.507 e. The van der Waals surface area contributed by atoms with Crippen molar-refractivity contribution >= 4 is 28.4 Å². The monoisotopic (exact) mass is 726 g/mol. The van der Waals surface area contributed by atoms with Gasteiger partial charge in [-0.15, -0.1) is 11.8 Å². The zero-order valence-electron chi connectivity index (χ0n) is 29.5. The minimum atomic E-state index is -1.11. The van der Waals surface area contributed by atoms with Gasteiger partial charge in [-0.25, -0.2) is 0 Å². The van der Waals surface area contributed by atoms with E-state index in [2.05, 4.69) is 32.2 Å². The van der Waals surface area contributed by atoms with Gasteiger partial charge in [0.25, 0.3) is 0 Å². The molecule has 4 bridgehead atoms. The highest BCUT2D eigenvalue weighted by Gasteiger charge is 2.60. The molecule has 13 heteroatoms. The lowest BCUT2D eigenvalue weighted by Crippen LogP contribution is -2.69. The molecule has 1 aromatic heterocycles. The predicted octanol–water partition coefficient (Wildman–Crippen LogP) is 4.00. The molecule has 0 saturated carbocycles. The van der Waals surface area contributed by atoms with E-state index < -0.39 is 35.1 Å². The maximum absolute atomic E-state index is 14.7. The molecule has 1 unspecified atom stereocenters. The van der Waals surface area contributed by atoms with Crippen LogP contribution in [-0.4, -0.2) is 101 Å². The summed E-state index contributed by atoms with van der Waals surface area (Å²) in [6.45, 7) is 4.26. The fourth-order valence-electron chi connectivity index (χ4n) is 10.3. The van der Waals surface area contributed by atoms with E-state index in [1.54, 1.807) is 18.9 Å². The number of nitrogens with one attached hydrogen (secondary N) is 2. The van der Waals surface area contributed by atoms with Crippen molar-refractivity contribution in [1.29, 1.82) is 0 Å². The number of H-pyrrole nitrogens is 1. The number of benzene rings is 3. The molecule has 4 aromatic rings. The number of fused-ring (bicyclic) bond motifs is 12. The van der Waals surface area contributed by atoms with Gasteiger partial charge in [-0.3, -0.25) is 19.9 Å². The van der Waals surface area contributed by atoms with Gasteiger partial charge in [0.05, 0.1) is 37.1 Å². The average Bonchev–Trinajstić information content (AvgIpc) is 3.77. The topological polar surface area (TPSA) is 149 Å². The Morgan fingerprint density at radius 1 is 1.08 bits per heavy atom. The summed E-state index contributed by atoms with van der Waals surface area (Å²) in [5.74, 6) is 1.86. The van der Waals surface area contributed by atoms with E-state index >= 15 is 0 Å². The molecule has 7 aliphatic heterocycles. The number of ketones is 1. The fourth-order valence-corrected chi connectivity index (χ4v) is 12.1. The number of carbonyl (C=O) groups is 1. The van der Waals surface area contributed by atoms with E-state index in [1.807, 2.05) is 39.1 Å². The molecule has 7 atom stereocenters. The van der Waals surface area contributed by atoms with Gasteiger partial charge in [0.1, 0.15) is 24.1 Å². The van der Waals surface area contributed by atoms with Gasteiger partial charge in [0, 0.05) is 57.2 Å². The number of aromatic hydroxyl groups is 2. The third-order valence-electron chi connectivity index (χ3n) is 12.7. The van der Waals surface area contributed by atoms with Gasteiger partial charge in [-0.2, -0.15) is 0 Å². The van der Waals surface area contributed by atoms with E-state index in [1.165, 1.54) is 0 Å². The molecule has 7 aliphatic rings. The molecule has 2 fully saturated rings. The summed E-state index contributed by atoms with van der Waals surface area (Å²) in [7, 11) is 3.56. The summed E-state index contributed by atoms with van der Waals surface area (Å²) >= 11 is 1.58. The molecule has 5 N–H and O–H groups in total. The number of methoxy groups -OCH3 is 1. The average molecular weight is 727 g/mol. The van der Waals surface area contributed by atoms with E-state index in [4.69, 9.17) is 18.9 Å². The summed E-state index contributed by atoms with van der Waals surface area (Å²) in [4.78, 5) is 22.6. The SMILES string of the molecule is COc1c(C)cc2c(c1O)[C@@H]1C3[C@@H]4SC[C@]5(NCCc6c5[nH]c5ccccc65)C(=O)COC[C@@H](c5c6c(c(C)c(O)c54)OCO6)N3[C@@H](O)[C@H](C2)N1C. The molecule has 3 aromatic carbocycles. The van der Waals surface area contributed by atoms with Crippen molar-refractivity contribution in [3.63, 3.8) is 0 Å². The second-order valence-electron chi connectivity index (χ2n) is 15.0. The van der Waals surface area contributed by atoms with E-state index in [-0.39, 0.29) is 43.3 Å². The number of hydrogen-bond donors (Lipinski definition) is 5. The number of nitrogens with zero attached hydrogens (tertiary/aromatic N) is 2. The highest BCUT2D eigenvalue weighted by molar-refractivity contribution is 7.99. The summed E-state index contributed by atoms with van der Waals surface area (Å²) < 4.78 is 24.3. The highest BCUT2D eigenvalue weighted by Crippen LogP contribution is 2.64.